The summed E-state index contributed by atoms with van der Waals surface area (Å²) in [6.07, 6.45) is 15.0. The zero-order valence-corrected chi connectivity index (χ0v) is 24.5. The van der Waals surface area contributed by atoms with Crippen molar-refractivity contribution >= 4 is 40.1 Å². The second-order valence-electron chi connectivity index (χ2n) is 7.13. The zero-order chi connectivity index (χ0) is 32.3. The molecule has 0 atom stereocenters. The number of anilines is 1. The summed E-state index contributed by atoms with van der Waals surface area (Å²) in [5.41, 5.74) is 12.6. The summed E-state index contributed by atoms with van der Waals surface area (Å²) in [6.45, 7) is 2.44. The van der Waals surface area contributed by atoms with Gasteiger partial charge in [-0.25, -0.2) is 9.97 Å². The third-order valence-electron chi connectivity index (χ3n) is 4.34. The number of benzene rings is 2. The van der Waals surface area contributed by atoms with Gasteiger partial charge in [0.25, 0.3) is 0 Å². The number of rotatable bonds is 3. The summed E-state index contributed by atoms with van der Waals surface area (Å²) in [6, 6.07) is 13.5. The van der Waals surface area contributed by atoms with E-state index in [9.17, 15) is 0 Å². The number of nitrogens with one attached hydrogen (secondary N) is 1. The molecule has 0 unspecified atom stereocenters. The van der Waals surface area contributed by atoms with E-state index in [2.05, 4.69) is 132 Å². The van der Waals surface area contributed by atoms with E-state index in [1.807, 2.05) is 49.4 Å². The van der Waals surface area contributed by atoms with E-state index < -0.39 is 0 Å². The maximum Gasteiger partial charge on any atom is 0.0922 e. The van der Waals surface area contributed by atoms with Crippen LogP contribution in [0.2, 0.25) is 5.02 Å². The van der Waals surface area contributed by atoms with E-state index in [0.717, 1.165) is 33.7 Å². The van der Waals surface area contributed by atoms with Crippen LogP contribution >= 0.6 is 23.4 Å². The minimum atomic E-state index is 0. The number of fused-ring (bicyclic) bond motifs is 1. The van der Waals surface area contributed by atoms with Gasteiger partial charge in [0.05, 0.1) is 29.0 Å². The molecule has 3 aromatic rings. The van der Waals surface area contributed by atoms with Crippen molar-refractivity contribution in [2.24, 2.45) is 4.63 Å². The molecule has 1 heterocycles. The highest BCUT2D eigenvalue weighted by atomic mass is 35.5. The molecule has 1 aromatic heterocycles. The average Bonchev–Trinajstić information content (AvgIpc) is 3.04. The number of terminal acetylenes is 3. The lowest BCUT2D eigenvalue weighted by Crippen LogP contribution is -1.99. The maximum atomic E-state index is 7.20. The van der Waals surface area contributed by atoms with Crippen LogP contribution in [-0.2, 0) is 0 Å². The number of aryl methyl sites for hydroxylation is 1. The van der Waals surface area contributed by atoms with Gasteiger partial charge in [-0.15, -0.1) is 19.3 Å². The number of aromatic nitrogens is 2. The van der Waals surface area contributed by atoms with Crippen LogP contribution in [0.4, 0.5) is 5.69 Å². The molecule has 0 saturated carbocycles. The Morgan fingerprint density at radius 2 is 1.25 bits per heavy atom. The van der Waals surface area contributed by atoms with Crippen LogP contribution in [0.15, 0.2) is 47.1 Å². The van der Waals surface area contributed by atoms with Crippen molar-refractivity contribution in [1.29, 1.82) is 0 Å². The third kappa shape index (κ3) is 15.0. The maximum absolute atomic E-state index is 7.20. The van der Waals surface area contributed by atoms with Gasteiger partial charge in [-0.05, 0) is 149 Å². The molecular weight excluding hydrogens is 587 g/mol. The summed E-state index contributed by atoms with van der Waals surface area (Å²) in [4.78, 5) is 11.5. The van der Waals surface area contributed by atoms with Crippen LogP contribution in [0.1, 0.15) is 14.3 Å². The molecule has 6 nitrogen and oxygen atoms in total. The number of hydrogen-bond donors (Lipinski definition) is 1. The molecule has 3 rings (SSSR count). The molecule has 44 heavy (non-hydrogen) atoms. The van der Waals surface area contributed by atoms with Crippen LogP contribution in [0.5, 0.6) is 0 Å². The number of nitrogens with zero attached hydrogens (tertiary/aromatic N) is 5. The molecule has 0 aliphatic rings. The SMILES string of the molecule is C#CC#CC#CC#CC#CC#CC#CC#CC#C.C#CCNc1ccc2nc(C)c(-c3ccc(Cl)cc3)nc2c1.[HH].[HH].[HH].[HH].[HH].[HH].[N-]=[N+]=NCl. The zero-order valence-electron chi connectivity index (χ0n) is 23.0. The fraction of sp³-hybridized carbons (Fsp3) is 0.0556. The first-order chi connectivity index (χ1) is 21.5. The molecule has 0 spiro atoms. The Morgan fingerprint density at radius 1 is 0.773 bits per heavy atom. The fourth-order valence-electron chi connectivity index (χ4n) is 2.73. The fourth-order valence-corrected chi connectivity index (χ4v) is 2.86. The first kappa shape index (κ1) is 35.1. The standard InChI is InChI=1S/C18H14ClN3.C18H2.ClN3.6H2/c1-3-10-20-15-8-9-16-17(11-15)22-18(12(2)21-16)13-4-6-14(19)7-5-13;1-3-5-7-9-11-13-15-17-18-16-14-12-10-8-6-4-2;1-3-4-2;;;;;;/h1,4-9,11,20H,10H2,2H3;1-2H;;6*1H. The van der Waals surface area contributed by atoms with Crippen molar-refractivity contribution in [2.75, 3.05) is 11.9 Å². The van der Waals surface area contributed by atoms with Crippen LogP contribution in [0.25, 0.3) is 32.7 Å². The summed E-state index contributed by atoms with van der Waals surface area (Å²) in [5.74, 6) is 40.8. The van der Waals surface area contributed by atoms with E-state index in [4.69, 9.17) is 41.4 Å². The van der Waals surface area contributed by atoms with E-state index in [-0.39, 0.29) is 8.56 Å². The van der Waals surface area contributed by atoms with E-state index >= 15 is 0 Å². The van der Waals surface area contributed by atoms with Crippen molar-refractivity contribution in [2.45, 2.75) is 6.92 Å². The molecule has 0 fully saturated rings. The van der Waals surface area contributed by atoms with Gasteiger partial charge in [-0.2, -0.15) is 0 Å². The van der Waals surface area contributed by atoms with Gasteiger partial charge in [-0.3, -0.25) is 0 Å². The number of halogens is 2. The molecule has 0 aliphatic heterocycles. The Labute approximate surface area is 276 Å². The van der Waals surface area contributed by atoms with Gasteiger partial charge in [0.2, 0.25) is 0 Å². The monoisotopic (exact) mass is 614 g/mol. The molecule has 0 saturated heterocycles. The minimum Gasteiger partial charge on any atom is -0.374 e. The highest BCUT2D eigenvalue weighted by molar-refractivity contribution is 6.30. The number of azide groups is 1. The van der Waals surface area contributed by atoms with Gasteiger partial charge in [-0.1, -0.05) is 29.7 Å². The molecule has 8 heteroatoms. The van der Waals surface area contributed by atoms with E-state index in [1.54, 1.807) is 0 Å². The molecule has 216 valence electrons. The van der Waals surface area contributed by atoms with E-state index in [1.165, 1.54) is 0 Å². The Balaban J connectivity index is -0.000000160. The first-order valence-electron chi connectivity index (χ1n) is 11.8. The molecule has 0 amide bonds. The predicted octanol–water partition coefficient (Wildman–Crippen LogP) is 7.51. The summed E-state index contributed by atoms with van der Waals surface area (Å²) < 4.78 is 2.39. The van der Waals surface area contributed by atoms with Crippen LogP contribution < -0.4 is 5.32 Å². The quantitative estimate of drug-likeness (QED) is 0.143. The Kier molecular flexibility index (Phi) is 18.2. The van der Waals surface area contributed by atoms with Crippen LogP contribution in [-0.4, -0.2) is 16.5 Å². The first-order valence-corrected chi connectivity index (χ1v) is 12.5. The van der Waals surface area contributed by atoms with Crippen LogP contribution in [0.3, 0.4) is 0 Å². The largest absolute Gasteiger partial charge is 0.374 e. The summed E-state index contributed by atoms with van der Waals surface area (Å²) in [7, 11) is 0. The summed E-state index contributed by atoms with van der Waals surface area (Å²) >= 11 is 10.3. The van der Waals surface area contributed by atoms with Crippen LogP contribution in [0, 0.1) is 127 Å². The molecule has 1 N–H and O–H groups in total. The van der Waals surface area contributed by atoms with Gasteiger partial charge in [0.1, 0.15) is 0 Å². The molecular formula is C36H28Cl2N6. The molecule has 0 aliphatic carbocycles. The Bertz CT molecular complexity index is 2080. The number of hydrogen-bond acceptors (Lipinski definition) is 4. The van der Waals surface area contributed by atoms with Gasteiger partial charge in [0.15, 0.2) is 0 Å². The lowest BCUT2D eigenvalue weighted by atomic mass is 10.1. The van der Waals surface area contributed by atoms with Crippen molar-refractivity contribution in [3.63, 3.8) is 0 Å². The third-order valence-corrected chi connectivity index (χ3v) is 4.66. The average molecular weight is 616 g/mol. The van der Waals surface area contributed by atoms with Crippen molar-refractivity contribution in [1.82, 2.24) is 9.97 Å². The molecule has 0 bridgehead atoms. The second kappa shape index (κ2) is 22.8. The molecule has 2 aromatic carbocycles. The van der Waals surface area contributed by atoms with E-state index in [0.29, 0.717) is 11.6 Å². The lowest BCUT2D eigenvalue weighted by Gasteiger charge is -2.09. The predicted molar refractivity (Wildman–Crippen MR) is 192 cm³/mol. The normalized spacial score (nSPS) is 7.09. The highest BCUT2D eigenvalue weighted by Crippen LogP contribution is 2.25. The van der Waals surface area contributed by atoms with Gasteiger partial charge in [0, 0.05) is 34.4 Å². The smallest absolute Gasteiger partial charge is 0.0922 e. The Morgan fingerprint density at radius 3 is 1.68 bits per heavy atom. The van der Waals surface area contributed by atoms with Crippen molar-refractivity contribution < 1.29 is 8.56 Å². The Hall–Kier alpha value is -6.93. The highest BCUT2D eigenvalue weighted by Gasteiger charge is 2.08. The topological polar surface area (TPSA) is 86.6 Å². The van der Waals surface area contributed by atoms with Gasteiger partial charge < -0.3 is 5.32 Å². The van der Waals surface area contributed by atoms with Crippen molar-refractivity contribution in [3.8, 4) is 131 Å². The minimum absolute atomic E-state index is 0. The second-order valence-corrected chi connectivity index (χ2v) is 7.72. The summed E-state index contributed by atoms with van der Waals surface area (Å²) in [5, 5.41) is 3.85. The van der Waals surface area contributed by atoms with Gasteiger partial charge >= 0.3 is 0 Å². The molecule has 0 radical (unpaired) electrons. The van der Waals surface area contributed by atoms with Crippen molar-refractivity contribution in [3.05, 3.63) is 63.6 Å². The lowest BCUT2D eigenvalue weighted by molar-refractivity contribution is 1.19.